The summed E-state index contributed by atoms with van der Waals surface area (Å²) in [7, 11) is 3.30. The highest BCUT2D eigenvalue weighted by Gasteiger charge is 2.12. The predicted octanol–water partition coefficient (Wildman–Crippen LogP) is 5.73. The highest BCUT2D eigenvalue weighted by molar-refractivity contribution is 7.14. The molecule has 3 rings (SSSR count). The van der Waals surface area contributed by atoms with E-state index in [1.54, 1.807) is 25.6 Å². The van der Waals surface area contributed by atoms with Crippen LogP contribution in [0.15, 0.2) is 41.8 Å². The maximum atomic E-state index is 5.51. The molecule has 28 heavy (non-hydrogen) atoms. The number of ether oxygens (including phenoxy) is 2. The van der Waals surface area contributed by atoms with Crippen molar-refractivity contribution in [2.45, 2.75) is 20.8 Å². The zero-order chi connectivity index (χ0) is 20.1. The molecule has 3 aromatic rings. The van der Waals surface area contributed by atoms with Crippen LogP contribution in [0.2, 0.25) is 0 Å². The number of hydrogen-bond acceptors (Lipinski definition) is 6. The number of benzene rings is 2. The van der Waals surface area contributed by atoms with Crippen LogP contribution in [0.5, 0.6) is 11.5 Å². The number of methoxy groups -OCH3 is 2. The van der Waals surface area contributed by atoms with Gasteiger partial charge in [0.05, 0.1) is 19.9 Å². The van der Waals surface area contributed by atoms with Gasteiger partial charge >= 0.3 is 0 Å². The third-order valence-electron chi connectivity index (χ3n) is 4.77. The van der Waals surface area contributed by atoms with Crippen molar-refractivity contribution in [3.63, 3.8) is 0 Å². The van der Waals surface area contributed by atoms with E-state index in [1.165, 1.54) is 11.3 Å². The van der Waals surface area contributed by atoms with Crippen molar-refractivity contribution in [1.82, 2.24) is 4.98 Å². The molecule has 1 aromatic heterocycles. The summed E-state index contributed by atoms with van der Waals surface area (Å²) in [4.78, 5) is 7.09. The fraction of sp³-hybridized carbons (Fsp3) is 0.318. The van der Waals surface area contributed by atoms with Gasteiger partial charge in [-0.05, 0) is 56.7 Å². The zero-order valence-corrected chi connectivity index (χ0v) is 17.9. The van der Waals surface area contributed by atoms with E-state index in [2.05, 4.69) is 49.2 Å². The molecule has 1 N–H and O–H groups in total. The molecule has 0 unspecified atom stereocenters. The summed E-state index contributed by atoms with van der Waals surface area (Å²) in [6.45, 7) is 8.48. The minimum absolute atomic E-state index is 0.746. The maximum Gasteiger partial charge on any atom is 0.187 e. The Hall–Kier alpha value is -2.73. The molecule has 0 spiro atoms. The first-order chi connectivity index (χ1) is 13.6. The first-order valence-corrected chi connectivity index (χ1v) is 10.3. The van der Waals surface area contributed by atoms with E-state index in [4.69, 9.17) is 14.5 Å². The lowest BCUT2D eigenvalue weighted by Crippen LogP contribution is -2.21. The van der Waals surface area contributed by atoms with Crippen LogP contribution in [-0.2, 0) is 0 Å². The van der Waals surface area contributed by atoms with E-state index in [9.17, 15) is 0 Å². The largest absolute Gasteiger partial charge is 0.497 e. The van der Waals surface area contributed by atoms with Crippen molar-refractivity contribution in [1.29, 1.82) is 0 Å². The summed E-state index contributed by atoms with van der Waals surface area (Å²) in [5.41, 5.74) is 5.34. The van der Waals surface area contributed by atoms with Crippen LogP contribution in [0.25, 0.3) is 11.3 Å². The van der Waals surface area contributed by atoms with Crippen molar-refractivity contribution >= 4 is 27.8 Å². The molecule has 6 heteroatoms. The second kappa shape index (κ2) is 8.97. The summed E-state index contributed by atoms with van der Waals surface area (Å²) in [5.74, 6) is 1.51. The molecule has 148 valence electrons. The summed E-state index contributed by atoms with van der Waals surface area (Å²) in [6.07, 6.45) is 0. The molecule has 0 aliphatic rings. The number of nitrogens with zero attached hydrogens (tertiary/aromatic N) is 2. The smallest absolute Gasteiger partial charge is 0.187 e. The van der Waals surface area contributed by atoms with Gasteiger partial charge in [0.1, 0.15) is 11.5 Å². The predicted molar refractivity (Wildman–Crippen MR) is 119 cm³/mol. The third-order valence-corrected chi connectivity index (χ3v) is 5.53. The number of nitrogens with one attached hydrogen (secondary N) is 1. The van der Waals surface area contributed by atoms with Crippen molar-refractivity contribution in [2.24, 2.45) is 0 Å². The molecule has 2 aromatic carbocycles. The van der Waals surface area contributed by atoms with Crippen LogP contribution >= 0.6 is 11.3 Å². The Morgan fingerprint density at radius 3 is 2.46 bits per heavy atom. The van der Waals surface area contributed by atoms with Crippen molar-refractivity contribution in [3.8, 4) is 22.8 Å². The lowest BCUT2D eigenvalue weighted by Gasteiger charge is -2.22. The van der Waals surface area contributed by atoms with Gasteiger partial charge in [-0.25, -0.2) is 4.98 Å². The normalized spacial score (nSPS) is 10.6. The summed E-state index contributed by atoms with van der Waals surface area (Å²) < 4.78 is 10.8. The molecule has 0 atom stereocenters. The number of rotatable bonds is 8. The average molecular weight is 398 g/mol. The van der Waals surface area contributed by atoms with E-state index >= 15 is 0 Å². The monoisotopic (exact) mass is 397 g/mol. The number of aromatic nitrogens is 1. The van der Waals surface area contributed by atoms with Gasteiger partial charge in [0.15, 0.2) is 5.13 Å². The fourth-order valence-corrected chi connectivity index (χ4v) is 3.88. The quantitative estimate of drug-likeness (QED) is 0.526. The van der Waals surface area contributed by atoms with Gasteiger partial charge in [-0.15, -0.1) is 11.3 Å². The Bertz CT molecular complexity index is 935. The molecule has 1 heterocycles. The van der Waals surface area contributed by atoms with Crippen molar-refractivity contribution in [2.75, 3.05) is 37.5 Å². The van der Waals surface area contributed by atoms with Crippen LogP contribution in [0.1, 0.15) is 19.4 Å². The first-order valence-electron chi connectivity index (χ1n) is 9.40. The average Bonchev–Trinajstić information content (AvgIpc) is 3.18. The van der Waals surface area contributed by atoms with Crippen LogP contribution in [0.3, 0.4) is 0 Å². The summed E-state index contributed by atoms with van der Waals surface area (Å²) in [5, 5.41) is 6.34. The first kappa shape index (κ1) is 20.0. The minimum atomic E-state index is 0.746. The van der Waals surface area contributed by atoms with E-state index < -0.39 is 0 Å². The van der Waals surface area contributed by atoms with Crippen LogP contribution < -0.4 is 19.7 Å². The molecule has 0 aliphatic carbocycles. The maximum absolute atomic E-state index is 5.51. The highest BCUT2D eigenvalue weighted by atomic mass is 32.1. The van der Waals surface area contributed by atoms with Crippen LogP contribution in [0, 0.1) is 6.92 Å². The summed E-state index contributed by atoms with van der Waals surface area (Å²) in [6, 6.07) is 12.3. The molecule has 0 bridgehead atoms. The number of anilines is 3. The van der Waals surface area contributed by atoms with Gasteiger partial charge < -0.3 is 19.7 Å². The molecular formula is C22H27N3O2S. The molecule has 0 fully saturated rings. The van der Waals surface area contributed by atoms with Gasteiger partial charge in [-0.3, -0.25) is 0 Å². The molecule has 0 aliphatic heterocycles. The standard InChI is InChI=1S/C22H27N3O2S/c1-6-25(7-2)16-8-11-19(15(3)12-16)23-22-24-20(14-28-22)18-10-9-17(26-4)13-21(18)27-5/h8-14H,6-7H2,1-5H3,(H,23,24). The van der Waals surface area contributed by atoms with Crippen LogP contribution in [-0.4, -0.2) is 32.3 Å². The minimum Gasteiger partial charge on any atom is -0.497 e. The van der Waals surface area contributed by atoms with E-state index in [-0.39, 0.29) is 0 Å². The van der Waals surface area contributed by atoms with Gasteiger partial charge in [0, 0.05) is 41.5 Å². The molecule has 0 radical (unpaired) electrons. The molecule has 0 saturated carbocycles. The Kier molecular flexibility index (Phi) is 6.41. The molecule has 5 nitrogen and oxygen atoms in total. The van der Waals surface area contributed by atoms with Gasteiger partial charge in [0.2, 0.25) is 0 Å². The Labute approximate surface area is 170 Å². The molecule has 0 amide bonds. The molecule has 0 saturated heterocycles. The van der Waals surface area contributed by atoms with Gasteiger partial charge in [-0.2, -0.15) is 0 Å². The Balaban J connectivity index is 1.82. The SMILES string of the molecule is CCN(CC)c1ccc(Nc2nc(-c3ccc(OC)cc3OC)cs2)c(C)c1. The lowest BCUT2D eigenvalue weighted by atomic mass is 10.1. The van der Waals surface area contributed by atoms with Gasteiger partial charge in [0.25, 0.3) is 0 Å². The van der Waals surface area contributed by atoms with Crippen LogP contribution in [0.4, 0.5) is 16.5 Å². The van der Waals surface area contributed by atoms with Gasteiger partial charge in [-0.1, -0.05) is 0 Å². The third kappa shape index (κ3) is 4.22. The Morgan fingerprint density at radius 1 is 1.04 bits per heavy atom. The fourth-order valence-electron chi connectivity index (χ4n) is 3.15. The zero-order valence-electron chi connectivity index (χ0n) is 17.1. The highest BCUT2D eigenvalue weighted by Crippen LogP contribution is 2.36. The second-order valence-corrected chi connectivity index (χ2v) is 7.26. The van der Waals surface area contributed by atoms with E-state index in [0.29, 0.717) is 0 Å². The second-order valence-electron chi connectivity index (χ2n) is 6.40. The summed E-state index contributed by atoms with van der Waals surface area (Å²) >= 11 is 1.58. The number of aryl methyl sites for hydroxylation is 1. The van der Waals surface area contributed by atoms with E-state index in [1.807, 2.05) is 23.6 Å². The van der Waals surface area contributed by atoms with Crippen molar-refractivity contribution in [3.05, 3.63) is 47.3 Å². The van der Waals surface area contributed by atoms with Crippen molar-refractivity contribution < 1.29 is 9.47 Å². The topological polar surface area (TPSA) is 46.6 Å². The number of hydrogen-bond donors (Lipinski definition) is 1. The lowest BCUT2D eigenvalue weighted by molar-refractivity contribution is 0.395. The molecular weight excluding hydrogens is 370 g/mol. The number of thiazole rings is 1. The van der Waals surface area contributed by atoms with E-state index in [0.717, 1.165) is 46.7 Å². The Morgan fingerprint density at radius 2 is 1.82 bits per heavy atom.